The van der Waals surface area contributed by atoms with Crippen molar-refractivity contribution in [2.45, 2.75) is 25.4 Å². The monoisotopic (exact) mass is 321 g/mol. The first kappa shape index (κ1) is 18.6. The van der Waals surface area contributed by atoms with Gasteiger partial charge in [0.2, 0.25) is 5.91 Å². The van der Waals surface area contributed by atoms with E-state index in [0.717, 1.165) is 45.8 Å². The summed E-state index contributed by atoms with van der Waals surface area (Å²) in [5.41, 5.74) is 5.87. The number of nitrogens with two attached hydrogens (primary N) is 1. The van der Waals surface area contributed by atoms with Crippen LogP contribution in [-0.4, -0.2) is 80.9 Å². The van der Waals surface area contributed by atoms with Crippen molar-refractivity contribution in [1.82, 2.24) is 9.80 Å². The van der Waals surface area contributed by atoms with Gasteiger partial charge in [0.05, 0.1) is 19.8 Å². The smallest absolute Gasteiger partial charge is 0.241 e. The second-order valence-electron chi connectivity index (χ2n) is 5.69. The number of rotatable bonds is 5. The maximum absolute atomic E-state index is 12.3. The average molecular weight is 322 g/mol. The van der Waals surface area contributed by atoms with Gasteiger partial charge in [-0.15, -0.1) is 12.4 Å². The normalized spacial score (nSPS) is 28.2. The Hall–Kier alpha value is -0.400. The summed E-state index contributed by atoms with van der Waals surface area (Å²) < 4.78 is 10.4. The maximum Gasteiger partial charge on any atom is 0.241 e. The van der Waals surface area contributed by atoms with Crippen LogP contribution >= 0.6 is 12.4 Å². The van der Waals surface area contributed by atoms with E-state index in [0.29, 0.717) is 12.0 Å². The van der Waals surface area contributed by atoms with Gasteiger partial charge in [-0.25, -0.2) is 0 Å². The van der Waals surface area contributed by atoms with Crippen molar-refractivity contribution < 1.29 is 14.3 Å². The fraction of sp³-hybridized carbons (Fsp3) is 0.929. The SMILES string of the molecule is CCC1CN(C(=O)C(N)COC)CC1N1CCOCC1.Cl. The van der Waals surface area contributed by atoms with Crippen LogP contribution in [0.4, 0.5) is 0 Å². The number of morpholine rings is 1. The Balaban J connectivity index is 0.00000220. The van der Waals surface area contributed by atoms with Crippen molar-refractivity contribution in [1.29, 1.82) is 0 Å². The van der Waals surface area contributed by atoms with Gasteiger partial charge in [-0.2, -0.15) is 0 Å². The van der Waals surface area contributed by atoms with Gasteiger partial charge in [-0.3, -0.25) is 9.69 Å². The second kappa shape index (κ2) is 8.90. The molecule has 0 saturated carbocycles. The molecule has 0 aliphatic carbocycles. The van der Waals surface area contributed by atoms with Gasteiger partial charge in [0, 0.05) is 39.3 Å². The van der Waals surface area contributed by atoms with Crippen LogP contribution in [0.25, 0.3) is 0 Å². The Morgan fingerprint density at radius 2 is 2.05 bits per heavy atom. The van der Waals surface area contributed by atoms with Gasteiger partial charge in [-0.05, 0) is 5.92 Å². The van der Waals surface area contributed by atoms with Crippen molar-refractivity contribution in [3.8, 4) is 0 Å². The van der Waals surface area contributed by atoms with Gasteiger partial charge in [-0.1, -0.05) is 13.3 Å². The first-order valence-corrected chi connectivity index (χ1v) is 7.52. The van der Waals surface area contributed by atoms with Crippen LogP contribution in [0.1, 0.15) is 13.3 Å². The Labute approximate surface area is 133 Å². The van der Waals surface area contributed by atoms with Crippen LogP contribution in [0.5, 0.6) is 0 Å². The summed E-state index contributed by atoms with van der Waals surface area (Å²) in [4.78, 5) is 16.7. The number of likely N-dealkylation sites (tertiary alicyclic amines) is 1. The van der Waals surface area contributed by atoms with Crippen LogP contribution in [0, 0.1) is 5.92 Å². The predicted octanol–water partition coefficient (Wildman–Crippen LogP) is -0.0489. The van der Waals surface area contributed by atoms with E-state index in [9.17, 15) is 4.79 Å². The van der Waals surface area contributed by atoms with Crippen LogP contribution in [0.15, 0.2) is 0 Å². The van der Waals surface area contributed by atoms with E-state index in [-0.39, 0.29) is 24.9 Å². The number of hydrogen-bond acceptors (Lipinski definition) is 5. The lowest BCUT2D eigenvalue weighted by molar-refractivity contribution is -0.133. The molecule has 3 atom stereocenters. The number of carbonyl (C=O) groups is 1. The summed E-state index contributed by atoms with van der Waals surface area (Å²) in [6, 6.07) is -0.0939. The number of carbonyl (C=O) groups excluding carboxylic acids is 1. The highest BCUT2D eigenvalue weighted by Crippen LogP contribution is 2.26. The summed E-state index contributed by atoms with van der Waals surface area (Å²) in [5, 5.41) is 0. The molecule has 21 heavy (non-hydrogen) atoms. The summed E-state index contributed by atoms with van der Waals surface area (Å²) in [6.07, 6.45) is 1.09. The zero-order valence-electron chi connectivity index (χ0n) is 13.0. The third-order valence-electron chi connectivity index (χ3n) is 4.42. The highest BCUT2D eigenvalue weighted by atomic mass is 35.5. The highest BCUT2D eigenvalue weighted by Gasteiger charge is 2.39. The van der Waals surface area contributed by atoms with Gasteiger partial charge in [0.15, 0.2) is 0 Å². The topological polar surface area (TPSA) is 68.0 Å². The molecule has 2 fully saturated rings. The molecule has 1 amide bonds. The number of ether oxygens (including phenoxy) is 2. The Kier molecular flexibility index (Phi) is 7.90. The average Bonchev–Trinajstić information content (AvgIpc) is 2.91. The van der Waals surface area contributed by atoms with Gasteiger partial charge in [0.25, 0.3) is 0 Å². The van der Waals surface area contributed by atoms with Gasteiger partial charge in [0.1, 0.15) is 6.04 Å². The molecule has 2 N–H and O–H groups in total. The minimum Gasteiger partial charge on any atom is -0.383 e. The van der Waals surface area contributed by atoms with E-state index in [1.54, 1.807) is 7.11 Å². The molecule has 2 saturated heterocycles. The van der Waals surface area contributed by atoms with Crippen LogP contribution in [-0.2, 0) is 14.3 Å². The molecule has 6 nitrogen and oxygen atoms in total. The Bertz CT molecular complexity index is 327. The number of methoxy groups -OCH3 is 1. The number of nitrogens with zero attached hydrogens (tertiary/aromatic N) is 2. The lowest BCUT2D eigenvalue weighted by Gasteiger charge is -2.34. The molecule has 0 aromatic rings. The van der Waals surface area contributed by atoms with Crippen LogP contribution in [0.2, 0.25) is 0 Å². The molecule has 0 bridgehead atoms. The fourth-order valence-corrected chi connectivity index (χ4v) is 3.24. The molecule has 7 heteroatoms. The van der Waals surface area contributed by atoms with Crippen LogP contribution < -0.4 is 5.73 Å². The van der Waals surface area contributed by atoms with E-state index >= 15 is 0 Å². The highest BCUT2D eigenvalue weighted by molar-refractivity contribution is 5.85. The molecule has 0 aromatic heterocycles. The first-order chi connectivity index (χ1) is 9.67. The molecular weight excluding hydrogens is 294 g/mol. The Morgan fingerprint density at radius 3 is 2.62 bits per heavy atom. The van der Waals surface area contributed by atoms with Crippen molar-refractivity contribution in [2.24, 2.45) is 11.7 Å². The molecule has 0 radical (unpaired) electrons. The summed E-state index contributed by atoms with van der Waals surface area (Å²) >= 11 is 0. The standard InChI is InChI=1S/C14H27N3O3.ClH/c1-3-11-8-17(14(18)12(15)10-19-2)9-13(11)16-4-6-20-7-5-16;/h11-13H,3-10,15H2,1-2H3;1H. The minimum atomic E-state index is -0.541. The fourth-order valence-electron chi connectivity index (χ4n) is 3.24. The quantitative estimate of drug-likeness (QED) is 0.769. The number of amides is 1. The molecule has 0 aromatic carbocycles. The van der Waals surface area contributed by atoms with E-state index in [4.69, 9.17) is 15.2 Å². The summed E-state index contributed by atoms with van der Waals surface area (Å²) in [7, 11) is 1.57. The zero-order chi connectivity index (χ0) is 14.5. The van der Waals surface area contributed by atoms with Crippen molar-refractivity contribution >= 4 is 18.3 Å². The van der Waals surface area contributed by atoms with E-state index in [1.807, 2.05) is 4.90 Å². The van der Waals surface area contributed by atoms with E-state index in [1.165, 1.54) is 0 Å². The molecule has 2 aliphatic heterocycles. The van der Waals surface area contributed by atoms with E-state index < -0.39 is 6.04 Å². The molecule has 3 unspecified atom stereocenters. The second-order valence-corrected chi connectivity index (χ2v) is 5.69. The molecule has 124 valence electrons. The summed E-state index contributed by atoms with van der Waals surface area (Å²) in [5.74, 6) is 0.549. The van der Waals surface area contributed by atoms with Gasteiger partial charge < -0.3 is 20.1 Å². The van der Waals surface area contributed by atoms with Crippen LogP contribution in [0.3, 0.4) is 0 Å². The molecule has 2 heterocycles. The molecule has 2 rings (SSSR count). The number of hydrogen-bond donors (Lipinski definition) is 1. The van der Waals surface area contributed by atoms with Crippen molar-refractivity contribution in [3.05, 3.63) is 0 Å². The minimum absolute atomic E-state index is 0. The Morgan fingerprint density at radius 1 is 1.38 bits per heavy atom. The molecule has 0 spiro atoms. The predicted molar refractivity (Wildman–Crippen MR) is 83.6 cm³/mol. The maximum atomic E-state index is 12.3. The lowest BCUT2D eigenvalue weighted by Crippen LogP contribution is -2.49. The number of halogens is 1. The molecule has 2 aliphatic rings. The van der Waals surface area contributed by atoms with Gasteiger partial charge >= 0.3 is 0 Å². The van der Waals surface area contributed by atoms with E-state index in [2.05, 4.69) is 11.8 Å². The van der Waals surface area contributed by atoms with Crippen molar-refractivity contribution in [3.63, 3.8) is 0 Å². The lowest BCUT2D eigenvalue weighted by atomic mass is 9.99. The summed E-state index contributed by atoms with van der Waals surface area (Å²) in [6.45, 7) is 7.60. The molecular formula is C14H28ClN3O3. The largest absolute Gasteiger partial charge is 0.383 e. The first-order valence-electron chi connectivity index (χ1n) is 7.52. The third kappa shape index (κ3) is 4.53. The third-order valence-corrected chi connectivity index (χ3v) is 4.42. The van der Waals surface area contributed by atoms with Crippen molar-refractivity contribution in [2.75, 3.05) is 53.1 Å². The zero-order valence-corrected chi connectivity index (χ0v) is 13.8.